The van der Waals surface area contributed by atoms with Crippen LogP contribution in [0.15, 0.2) is 11.6 Å². The summed E-state index contributed by atoms with van der Waals surface area (Å²) in [6, 6.07) is 0. The lowest BCUT2D eigenvalue weighted by atomic mass is 9.46. The molecule has 134 valence electrons. The van der Waals surface area contributed by atoms with Gasteiger partial charge >= 0.3 is 0 Å². The van der Waals surface area contributed by atoms with E-state index in [0.29, 0.717) is 35.1 Å². The van der Waals surface area contributed by atoms with E-state index >= 15 is 0 Å². The molecule has 0 radical (unpaired) electrons. The average Bonchev–Trinajstić information content (AvgIpc) is 2.92. The summed E-state index contributed by atoms with van der Waals surface area (Å²) < 4.78 is 0. The molecule has 4 aliphatic carbocycles. The van der Waals surface area contributed by atoms with Crippen LogP contribution >= 0.6 is 0 Å². The summed E-state index contributed by atoms with van der Waals surface area (Å²) in [6.07, 6.45) is 11.6. The molecule has 0 heterocycles. The van der Waals surface area contributed by atoms with Crippen LogP contribution in [0.25, 0.3) is 0 Å². The van der Waals surface area contributed by atoms with Crippen molar-refractivity contribution in [1.82, 2.24) is 0 Å². The van der Waals surface area contributed by atoms with E-state index in [-0.39, 0.29) is 0 Å². The average molecular weight is 331 g/mol. The summed E-state index contributed by atoms with van der Waals surface area (Å²) in [5.41, 5.74) is 2.20. The predicted octanol–water partition coefficient (Wildman–Crippen LogP) is 4.76. The monoisotopic (exact) mass is 330 g/mol. The summed E-state index contributed by atoms with van der Waals surface area (Å²) in [5, 5.41) is 9.71. The predicted molar refractivity (Wildman–Crippen MR) is 96.4 cm³/mol. The van der Waals surface area contributed by atoms with Crippen LogP contribution in [0.2, 0.25) is 0 Å². The first kappa shape index (κ1) is 16.8. The Labute approximate surface area is 147 Å². The first-order valence-corrected chi connectivity index (χ1v) is 10.2. The van der Waals surface area contributed by atoms with Crippen molar-refractivity contribution in [3.05, 3.63) is 11.6 Å². The number of aliphatic hydroxyl groups is 1. The van der Waals surface area contributed by atoms with Crippen molar-refractivity contribution >= 4 is 5.78 Å². The number of carbonyl (C=O) groups excluding carboxylic acids is 1. The van der Waals surface area contributed by atoms with Gasteiger partial charge in [-0.05, 0) is 91.4 Å². The van der Waals surface area contributed by atoms with Crippen molar-refractivity contribution in [3.8, 4) is 0 Å². The molecule has 0 bridgehead atoms. The molecule has 0 saturated heterocycles. The fraction of sp³-hybridized carbons (Fsp3) is 0.864. The van der Waals surface area contributed by atoms with Crippen LogP contribution in [-0.4, -0.2) is 17.5 Å². The van der Waals surface area contributed by atoms with E-state index in [4.69, 9.17) is 0 Å². The number of hydrogen-bond acceptors (Lipinski definition) is 2. The molecule has 2 nitrogen and oxygen atoms in total. The van der Waals surface area contributed by atoms with Crippen molar-refractivity contribution in [2.24, 2.45) is 40.4 Å². The van der Waals surface area contributed by atoms with Gasteiger partial charge in [0, 0.05) is 13.0 Å². The van der Waals surface area contributed by atoms with Gasteiger partial charge in [-0.25, -0.2) is 0 Å². The SMILES string of the molecule is CC(CO)C1CCC2C3CCC4=CC(=O)CCC4(C)C3CCC12C. The largest absolute Gasteiger partial charge is 0.396 e. The number of rotatable bonds is 2. The zero-order chi connectivity index (χ0) is 17.1. The highest BCUT2D eigenvalue weighted by molar-refractivity contribution is 5.91. The van der Waals surface area contributed by atoms with Gasteiger partial charge in [-0.3, -0.25) is 4.79 Å². The minimum atomic E-state index is 0.291. The number of hydrogen-bond donors (Lipinski definition) is 1. The van der Waals surface area contributed by atoms with Crippen molar-refractivity contribution in [2.75, 3.05) is 6.61 Å². The smallest absolute Gasteiger partial charge is 0.155 e. The maximum atomic E-state index is 11.9. The van der Waals surface area contributed by atoms with Gasteiger partial charge < -0.3 is 5.11 Å². The minimum Gasteiger partial charge on any atom is -0.396 e. The van der Waals surface area contributed by atoms with Gasteiger partial charge in [-0.2, -0.15) is 0 Å². The molecule has 0 aromatic heterocycles. The maximum absolute atomic E-state index is 11.9. The van der Waals surface area contributed by atoms with Crippen molar-refractivity contribution in [1.29, 1.82) is 0 Å². The molecule has 1 N–H and O–H groups in total. The molecular weight excluding hydrogens is 296 g/mol. The van der Waals surface area contributed by atoms with Crippen LogP contribution < -0.4 is 0 Å². The third-order valence-corrected chi connectivity index (χ3v) is 9.01. The van der Waals surface area contributed by atoms with Crippen LogP contribution in [-0.2, 0) is 4.79 Å². The quantitative estimate of drug-likeness (QED) is 0.792. The lowest BCUT2D eigenvalue weighted by Gasteiger charge is -2.58. The molecule has 0 aromatic carbocycles. The molecule has 4 rings (SSSR count). The Balaban J connectivity index is 1.63. The fourth-order valence-corrected chi connectivity index (χ4v) is 7.66. The van der Waals surface area contributed by atoms with E-state index < -0.39 is 0 Å². The zero-order valence-corrected chi connectivity index (χ0v) is 15.7. The first-order valence-electron chi connectivity index (χ1n) is 10.2. The lowest BCUT2D eigenvalue weighted by Crippen LogP contribution is -2.51. The Morgan fingerprint density at radius 3 is 2.67 bits per heavy atom. The van der Waals surface area contributed by atoms with E-state index in [2.05, 4.69) is 20.8 Å². The number of aliphatic hydroxyl groups excluding tert-OH is 1. The molecule has 0 aliphatic heterocycles. The summed E-state index contributed by atoms with van der Waals surface area (Å²) in [7, 11) is 0. The van der Waals surface area contributed by atoms with Crippen LogP contribution in [0.1, 0.15) is 72.1 Å². The third-order valence-electron chi connectivity index (χ3n) is 9.01. The Bertz CT molecular complexity index is 564. The fourth-order valence-electron chi connectivity index (χ4n) is 7.66. The first-order chi connectivity index (χ1) is 11.4. The Hall–Kier alpha value is -0.630. The van der Waals surface area contributed by atoms with Gasteiger partial charge in [0.2, 0.25) is 0 Å². The summed E-state index contributed by atoms with van der Waals surface area (Å²) >= 11 is 0. The molecule has 7 unspecified atom stereocenters. The van der Waals surface area contributed by atoms with Gasteiger partial charge in [0.1, 0.15) is 0 Å². The Morgan fingerprint density at radius 1 is 1.12 bits per heavy atom. The molecule has 3 saturated carbocycles. The van der Waals surface area contributed by atoms with Crippen molar-refractivity contribution in [3.63, 3.8) is 0 Å². The van der Waals surface area contributed by atoms with Crippen LogP contribution in [0, 0.1) is 40.4 Å². The number of ketones is 1. The van der Waals surface area contributed by atoms with Crippen molar-refractivity contribution < 1.29 is 9.90 Å². The highest BCUT2D eigenvalue weighted by Gasteiger charge is 2.59. The van der Waals surface area contributed by atoms with E-state index in [9.17, 15) is 9.90 Å². The molecule has 4 aliphatic rings. The maximum Gasteiger partial charge on any atom is 0.155 e. The highest BCUT2D eigenvalue weighted by Crippen LogP contribution is 2.67. The second-order valence-electron chi connectivity index (χ2n) is 9.86. The molecule has 24 heavy (non-hydrogen) atoms. The normalized spacial score (nSPS) is 49.0. The second-order valence-corrected chi connectivity index (χ2v) is 9.86. The van der Waals surface area contributed by atoms with Crippen molar-refractivity contribution in [2.45, 2.75) is 72.1 Å². The number of allylic oxidation sites excluding steroid dienone is 1. The zero-order valence-electron chi connectivity index (χ0n) is 15.7. The van der Waals surface area contributed by atoms with Gasteiger partial charge in [-0.15, -0.1) is 0 Å². The van der Waals surface area contributed by atoms with Gasteiger partial charge in [0.05, 0.1) is 0 Å². The second kappa shape index (κ2) is 5.69. The Morgan fingerprint density at radius 2 is 1.92 bits per heavy atom. The van der Waals surface area contributed by atoms with Gasteiger partial charge in [0.15, 0.2) is 5.78 Å². The molecule has 2 heteroatoms. The molecule has 7 atom stereocenters. The highest BCUT2D eigenvalue weighted by atomic mass is 16.3. The molecular formula is C22H34O2. The summed E-state index contributed by atoms with van der Waals surface area (Å²) in [4.78, 5) is 11.9. The molecule has 3 fully saturated rings. The van der Waals surface area contributed by atoms with E-state index in [1.165, 1.54) is 37.7 Å². The molecule has 0 spiro atoms. The van der Waals surface area contributed by atoms with E-state index in [0.717, 1.165) is 37.0 Å². The van der Waals surface area contributed by atoms with Crippen LogP contribution in [0.3, 0.4) is 0 Å². The standard InChI is InChI=1S/C22H34O2/c1-14(13-23)18-6-7-19-17-5-4-15-12-16(24)8-10-21(15,2)20(17)9-11-22(18,19)3/h12,14,17-20,23H,4-11,13H2,1-3H3. The lowest BCUT2D eigenvalue weighted by molar-refractivity contribution is -0.117. The number of fused-ring (bicyclic) bond motifs is 5. The summed E-state index contributed by atoms with van der Waals surface area (Å²) in [6.45, 7) is 7.59. The molecule has 0 aromatic rings. The third kappa shape index (κ3) is 2.21. The minimum absolute atomic E-state index is 0.291. The summed E-state index contributed by atoms with van der Waals surface area (Å²) in [5.74, 6) is 3.97. The number of carbonyl (C=O) groups is 1. The van der Waals surface area contributed by atoms with Crippen LogP contribution in [0.4, 0.5) is 0 Å². The molecule has 0 amide bonds. The van der Waals surface area contributed by atoms with Gasteiger partial charge in [-0.1, -0.05) is 26.3 Å². The van der Waals surface area contributed by atoms with Gasteiger partial charge in [0.25, 0.3) is 0 Å². The topological polar surface area (TPSA) is 37.3 Å². The van der Waals surface area contributed by atoms with E-state index in [1.54, 1.807) is 0 Å². The van der Waals surface area contributed by atoms with E-state index in [1.807, 2.05) is 6.08 Å². The Kier molecular flexibility index (Phi) is 3.99. The van der Waals surface area contributed by atoms with Crippen LogP contribution in [0.5, 0.6) is 0 Å².